The van der Waals surface area contributed by atoms with E-state index >= 15 is 0 Å². The van der Waals surface area contributed by atoms with Crippen molar-refractivity contribution < 1.29 is 14.8 Å². The Morgan fingerprint density at radius 1 is 1.10 bits per heavy atom. The van der Waals surface area contributed by atoms with Gasteiger partial charge in [0, 0.05) is 36.1 Å². The van der Waals surface area contributed by atoms with Crippen molar-refractivity contribution in [2.75, 3.05) is 11.9 Å². The second kappa shape index (κ2) is 8.22. The molecule has 1 aliphatic rings. The van der Waals surface area contributed by atoms with Gasteiger partial charge < -0.3 is 5.32 Å². The van der Waals surface area contributed by atoms with Crippen molar-refractivity contribution in [3.05, 3.63) is 83.6 Å². The molecule has 7 heteroatoms. The van der Waals surface area contributed by atoms with E-state index in [2.05, 4.69) is 10.3 Å². The van der Waals surface area contributed by atoms with E-state index in [9.17, 15) is 9.59 Å². The third kappa shape index (κ3) is 4.31. The number of benzene rings is 2. The molecule has 3 aromatic rings. The normalized spacial score (nSPS) is 13.9. The lowest BCUT2D eigenvalue weighted by molar-refractivity contribution is -0.117. The molecule has 4 rings (SSSR count). The monoisotopic (exact) mass is 388 g/mol. The van der Waals surface area contributed by atoms with Gasteiger partial charge in [-0.15, -0.1) is 0 Å². The number of carbonyl (C=O) groups is 2. The molecule has 0 radical (unpaired) electrons. The Bertz CT molecular complexity index is 1040. The molecule has 0 unspecified atom stereocenters. The topological polar surface area (TPSA) is 94.6 Å². The summed E-state index contributed by atoms with van der Waals surface area (Å²) in [5.74, 6) is -0.687. The highest BCUT2D eigenvalue weighted by Crippen LogP contribution is 2.24. The second-order valence-electron chi connectivity index (χ2n) is 6.92. The van der Waals surface area contributed by atoms with Crippen LogP contribution in [0.5, 0.6) is 0 Å². The summed E-state index contributed by atoms with van der Waals surface area (Å²) in [6, 6.07) is 18.8. The number of aromatic nitrogens is 1. The minimum atomic E-state index is -0.583. The molecule has 1 aliphatic heterocycles. The molecule has 0 spiro atoms. The smallest absolute Gasteiger partial charge is 0.274 e. The lowest BCUT2D eigenvalue weighted by atomic mass is 10.1. The summed E-state index contributed by atoms with van der Waals surface area (Å²) in [5, 5.41) is 11.7. The van der Waals surface area contributed by atoms with Crippen LogP contribution in [0.25, 0.3) is 11.3 Å². The van der Waals surface area contributed by atoms with E-state index in [1.807, 2.05) is 47.4 Å². The number of nitrogens with zero attached hydrogens (tertiary/aromatic N) is 2. The van der Waals surface area contributed by atoms with Crippen molar-refractivity contribution in [2.45, 2.75) is 13.1 Å². The summed E-state index contributed by atoms with van der Waals surface area (Å²) in [5.41, 5.74) is 6.50. The maximum absolute atomic E-state index is 12.3. The fourth-order valence-electron chi connectivity index (χ4n) is 3.43. The first-order valence-corrected chi connectivity index (χ1v) is 9.22. The van der Waals surface area contributed by atoms with Gasteiger partial charge in [0.1, 0.15) is 0 Å². The van der Waals surface area contributed by atoms with Crippen molar-refractivity contribution >= 4 is 17.5 Å². The van der Waals surface area contributed by atoms with Crippen molar-refractivity contribution in [3.63, 3.8) is 0 Å². The molecule has 0 fully saturated rings. The number of fused-ring (bicyclic) bond motifs is 1. The van der Waals surface area contributed by atoms with Crippen LogP contribution in [0.15, 0.2) is 66.9 Å². The van der Waals surface area contributed by atoms with Crippen molar-refractivity contribution in [3.8, 4) is 11.3 Å². The van der Waals surface area contributed by atoms with E-state index < -0.39 is 5.91 Å². The number of amides is 2. The number of carbonyl (C=O) groups excluding carboxylic acids is 2. The number of hydrogen-bond acceptors (Lipinski definition) is 5. The van der Waals surface area contributed by atoms with E-state index in [0.717, 1.165) is 22.4 Å². The van der Waals surface area contributed by atoms with E-state index in [0.29, 0.717) is 24.3 Å². The van der Waals surface area contributed by atoms with Gasteiger partial charge in [-0.1, -0.05) is 30.3 Å². The predicted molar refractivity (Wildman–Crippen MR) is 108 cm³/mol. The molecule has 3 N–H and O–H groups in total. The van der Waals surface area contributed by atoms with Crippen LogP contribution in [-0.4, -0.2) is 33.5 Å². The highest BCUT2D eigenvalue weighted by atomic mass is 16.5. The highest BCUT2D eigenvalue weighted by Gasteiger charge is 2.20. The Kier molecular flexibility index (Phi) is 5.33. The lowest BCUT2D eigenvalue weighted by Crippen LogP contribution is -2.29. The number of hydrogen-bond donors (Lipinski definition) is 3. The van der Waals surface area contributed by atoms with Gasteiger partial charge in [0.05, 0.1) is 12.2 Å². The van der Waals surface area contributed by atoms with Crippen LogP contribution >= 0.6 is 0 Å². The van der Waals surface area contributed by atoms with Crippen LogP contribution in [0, 0.1) is 0 Å². The molecule has 1 aromatic heterocycles. The van der Waals surface area contributed by atoms with Gasteiger partial charge in [-0.2, -0.15) is 0 Å². The number of rotatable bonds is 4. The number of nitrogens with one attached hydrogen (secondary N) is 2. The standard InChI is InChI=1S/C22H20N4O3/c27-21-14-26(13-18-11-17(22(28)25-29)8-9-20(18)24-21)12-15-4-6-16(7-5-15)19-3-1-2-10-23-19/h1-11,29H,12-14H2,(H,24,27)(H,25,28). The third-order valence-electron chi connectivity index (χ3n) is 4.83. The minimum Gasteiger partial charge on any atom is -0.325 e. The maximum Gasteiger partial charge on any atom is 0.274 e. The Morgan fingerprint density at radius 2 is 1.93 bits per heavy atom. The first kappa shape index (κ1) is 18.8. The summed E-state index contributed by atoms with van der Waals surface area (Å²) >= 11 is 0. The van der Waals surface area contributed by atoms with Gasteiger partial charge >= 0.3 is 0 Å². The lowest BCUT2D eigenvalue weighted by Gasteiger charge is -2.19. The number of hydroxylamine groups is 1. The highest BCUT2D eigenvalue weighted by molar-refractivity contribution is 5.97. The Labute approximate surface area is 168 Å². The molecule has 2 amide bonds. The zero-order chi connectivity index (χ0) is 20.2. The van der Waals surface area contributed by atoms with Gasteiger partial charge in [0.25, 0.3) is 5.91 Å². The zero-order valence-corrected chi connectivity index (χ0v) is 15.6. The van der Waals surface area contributed by atoms with Crippen molar-refractivity contribution in [2.24, 2.45) is 0 Å². The molecule has 2 aromatic carbocycles. The zero-order valence-electron chi connectivity index (χ0n) is 15.6. The molecule has 0 aliphatic carbocycles. The Morgan fingerprint density at radius 3 is 2.66 bits per heavy atom. The SMILES string of the molecule is O=C1CN(Cc2ccc(-c3ccccn3)cc2)Cc2cc(C(=O)NO)ccc2N1. The largest absolute Gasteiger partial charge is 0.325 e. The molecule has 0 atom stereocenters. The molecular formula is C22H20N4O3. The summed E-state index contributed by atoms with van der Waals surface area (Å²) in [7, 11) is 0. The minimum absolute atomic E-state index is 0.104. The molecule has 29 heavy (non-hydrogen) atoms. The van der Waals surface area contributed by atoms with Gasteiger partial charge in [-0.3, -0.25) is 24.7 Å². The molecular weight excluding hydrogens is 368 g/mol. The van der Waals surface area contributed by atoms with Crippen LogP contribution in [0.3, 0.4) is 0 Å². The van der Waals surface area contributed by atoms with Crippen LogP contribution in [0.2, 0.25) is 0 Å². The van der Waals surface area contributed by atoms with Gasteiger partial charge in [0.15, 0.2) is 0 Å². The average Bonchev–Trinajstić information content (AvgIpc) is 2.91. The van der Waals surface area contributed by atoms with Crippen LogP contribution in [-0.2, 0) is 17.9 Å². The number of anilines is 1. The fraction of sp³-hybridized carbons (Fsp3) is 0.136. The summed E-state index contributed by atoms with van der Waals surface area (Å²) in [6.07, 6.45) is 1.77. The molecule has 0 saturated heterocycles. The number of pyridine rings is 1. The van der Waals surface area contributed by atoms with Gasteiger partial charge in [-0.05, 0) is 41.5 Å². The molecule has 146 valence electrons. The van der Waals surface area contributed by atoms with E-state index in [-0.39, 0.29) is 12.5 Å². The molecule has 7 nitrogen and oxygen atoms in total. The summed E-state index contributed by atoms with van der Waals surface area (Å²) < 4.78 is 0. The first-order chi connectivity index (χ1) is 14.1. The van der Waals surface area contributed by atoms with Crippen LogP contribution in [0.4, 0.5) is 5.69 Å². The average molecular weight is 388 g/mol. The maximum atomic E-state index is 12.3. The van der Waals surface area contributed by atoms with Crippen molar-refractivity contribution in [1.82, 2.24) is 15.4 Å². The molecule has 0 bridgehead atoms. The molecule has 2 heterocycles. The predicted octanol–water partition coefficient (Wildman–Crippen LogP) is 2.82. The second-order valence-corrected chi connectivity index (χ2v) is 6.92. The van der Waals surface area contributed by atoms with Gasteiger partial charge in [-0.25, -0.2) is 5.48 Å². The third-order valence-corrected chi connectivity index (χ3v) is 4.83. The summed E-state index contributed by atoms with van der Waals surface area (Å²) in [4.78, 5) is 30.4. The Hall–Kier alpha value is -3.55. The first-order valence-electron chi connectivity index (χ1n) is 9.22. The van der Waals surface area contributed by atoms with Crippen molar-refractivity contribution in [1.29, 1.82) is 0 Å². The van der Waals surface area contributed by atoms with E-state index in [1.165, 1.54) is 0 Å². The summed E-state index contributed by atoms with van der Waals surface area (Å²) in [6.45, 7) is 1.34. The van der Waals surface area contributed by atoms with E-state index in [4.69, 9.17) is 5.21 Å². The van der Waals surface area contributed by atoms with E-state index in [1.54, 1.807) is 29.9 Å². The quantitative estimate of drug-likeness (QED) is 0.472. The molecule has 0 saturated carbocycles. The van der Waals surface area contributed by atoms with Crippen LogP contribution in [0.1, 0.15) is 21.5 Å². The van der Waals surface area contributed by atoms with Crippen LogP contribution < -0.4 is 10.8 Å². The Balaban J connectivity index is 1.53. The fourth-order valence-corrected chi connectivity index (χ4v) is 3.43. The van der Waals surface area contributed by atoms with Gasteiger partial charge in [0.2, 0.25) is 5.91 Å².